The molecule has 0 spiro atoms. The second kappa shape index (κ2) is 8.12. The van der Waals surface area contributed by atoms with E-state index in [1.807, 2.05) is 13.8 Å². The van der Waals surface area contributed by atoms with E-state index in [-0.39, 0.29) is 17.9 Å². The molecule has 6 nitrogen and oxygen atoms in total. The van der Waals surface area contributed by atoms with Crippen molar-refractivity contribution in [1.82, 2.24) is 10.2 Å². The third kappa shape index (κ3) is 4.80. The molecule has 1 aliphatic heterocycles. The molecule has 0 aromatic heterocycles. The molecule has 0 aromatic rings. The summed E-state index contributed by atoms with van der Waals surface area (Å²) < 4.78 is 10.3. The fraction of sp³-hybridized carbons (Fsp3) is 0.846. The Hall–Kier alpha value is -1.14. The van der Waals surface area contributed by atoms with Crippen LogP contribution in [0, 0.1) is 0 Å². The number of rotatable bonds is 7. The molecule has 0 saturated carbocycles. The van der Waals surface area contributed by atoms with E-state index < -0.39 is 6.04 Å². The van der Waals surface area contributed by atoms with Gasteiger partial charge in [0, 0.05) is 26.1 Å². The van der Waals surface area contributed by atoms with Gasteiger partial charge in [-0.15, -0.1) is 0 Å². The molecule has 2 atom stereocenters. The van der Waals surface area contributed by atoms with E-state index >= 15 is 0 Å². The molecule has 2 unspecified atom stereocenters. The van der Waals surface area contributed by atoms with E-state index in [9.17, 15) is 9.59 Å². The second-order valence-electron chi connectivity index (χ2n) is 4.72. The van der Waals surface area contributed by atoms with Gasteiger partial charge in [0.15, 0.2) is 0 Å². The summed E-state index contributed by atoms with van der Waals surface area (Å²) in [4.78, 5) is 25.6. The Labute approximate surface area is 114 Å². The molecule has 1 N–H and O–H groups in total. The normalized spacial score (nSPS) is 24.3. The van der Waals surface area contributed by atoms with Gasteiger partial charge in [0.25, 0.3) is 0 Å². The monoisotopic (exact) mass is 272 g/mol. The zero-order valence-corrected chi connectivity index (χ0v) is 12.0. The Morgan fingerprint density at radius 1 is 1.32 bits per heavy atom. The predicted molar refractivity (Wildman–Crippen MR) is 70.7 cm³/mol. The molecule has 19 heavy (non-hydrogen) atoms. The van der Waals surface area contributed by atoms with E-state index in [4.69, 9.17) is 9.47 Å². The molecule has 6 heteroatoms. The summed E-state index contributed by atoms with van der Waals surface area (Å²) in [5.41, 5.74) is 0. The van der Waals surface area contributed by atoms with Crippen LogP contribution in [0.3, 0.4) is 0 Å². The van der Waals surface area contributed by atoms with Crippen LogP contribution in [0.2, 0.25) is 0 Å². The Morgan fingerprint density at radius 3 is 2.68 bits per heavy atom. The second-order valence-corrected chi connectivity index (χ2v) is 4.72. The number of hydrogen-bond acceptors (Lipinski definition) is 4. The van der Waals surface area contributed by atoms with Crippen LogP contribution in [0.4, 0.5) is 0 Å². The molecule has 0 bridgehead atoms. The highest BCUT2D eigenvalue weighted by molar-refractivity contribution is 5.90. The number of amides is 2. The SMILES string of the molecule is CCC1NC(=O)CC(C)N(CCOCCOC)C1=O. The predicted octanol–water partition coefficient (Wildman–Crippen LogP) is 0.165. The van der Waals surface area contributed by atoms with Crippen LogP contribution >= 0.6 is 0 Å². The van der Waals surface area contributed by atoms with Crippen LogP contribution in [-0.4, -0.2) is 62.3 Å². The van der Waals surface area contributed by atoms with E-state index in [0.29, 0.717) is 39.2 Å². The van der Waals surface area contributed by atoms with Crippen molar-refractivity contribution in [2.45, 2.75) is 38.8 Å². The Morgan fingerprint density at radius 2 is 2.05 bits per heavy atom. The quantitative estimate of drug-likeness (QED) is 0.671. The lowest BCUT2D eigenvalue weighted by atomic mass is 10.2. The maximum atomic E-state index is 12.3. The molecule has 0 radical (unpaired) electrons. The van der Waals surface area contributed by atoms with Gasteiger partial charge in [-0.1, -0.05) is 6.92 Å². The Bertz CT molecular complexity index is 309. The molecule has 2 amide bonds. The Balaban J connectivity index is 2.52. The van der Waals surface area contributed by atoms with Crippen molar-refractivity contribution >= 4 is 11.8 Å². The van der Waals surface area contributed by atoms with Gasteiger partial charge >= 0.3 is 0 Å². The fourth-order valence-electron chi connectivity index (χ4n) is 2.13. The summed E-state index contributed by atoms with van der Waals surface area (Å²) in [5.74, 6) is -0.0771. The average Bonchev–Trinajstić information content (AvgIpc) is 2.48. The van der Waals surface area contributed by atoms with Crippen molar-refractivity contribution in [3.8, 4) is 0 Å². The molecule has 1 heterocycles. The van der Waals surface area contributed by atoms with Crippen LogP contribution < -0.4 is 5.32 Å². The lowest BCUT2D eigenvalue weighted by Gasteiger charge is -2.28. The van der Waals surface area contributed by atoms with Crippen molar-refractivity contribution in [2.24, 2.45) is 0 Å². The summed E-state index contributed by atoms with van der Waals surface area (Å²) >= 11 is 0. The van der Waals surface area contributed by atoms with E-state index in [1.54, 1.807) is 12.0 Å². The number of carbonyl (C=O) groups is 2. The maximum absolute atomic E-state index is 12.3. The molecular formula is C13H24N2O4. The number of nitrogens with zero attached hydrogens (tertiary/aromatic N) is 1. The minimum Gasteiger partial charge on any atom is -0.382 e. The number of nitrogens with one attached hydrogen (secondary N) is 1. The lowest BCUT2D eigenvalue weighted by Crippen LogP contribution is -2.47. The van der Waals surface area contributed by atoms with Crippen molar-refractivity contribution < 1.29 is 19.1 Å². The van der Waals surface area contributed by atoms with Crippen LogP contribution in [0.25, 0.3) is 0 Å². The van der Waals surface area contributed by atoms with Gasteiger partial charge in [0.05, 0.1) is 19.8 Å². The van der Waals surface area contributed by atoms with Gasteiger partial charge in [-0.2, -0.15) is 0 Å². The minimum absolute atomic E-state index is 0.0174. The molecule has 0 aromatic carbocycles. The first kappa shape index (κ1) is 15.9. The van der Waals surface area contributed by atoms with Crippen LogP contribution in [-0.2, 0) is 19.1 Å². The lowest BCUT2D eigenvalue weighted by molar-refractivity contribution is -0.135. The first-order chi connectivity index (χ1) is 9.10. The van der Waals surface area contributed by atoms with Gasteiger partial charge in [0.1, 0.15) is 6.04 Å². The van der Waals surface area contributed by atoms with Crippen LogP contribution in [0.5, 0.6) is 0 Å². The molecular weight excluding hydrogens is 248 g/mol. The van der Waals surface area contributed by atoms with Gasteiger partial charge < -0.3 is 19.7 Å². The molecule has 1 fully saturated rings. The molecule has 1 aliphatic rings. The Kier molecular flexibility index (Phi) is 6.80. The van der Waals surface area contributed by atoms with Crippen LogP contribution in [0.15, 0.2) is 0 Å². The smallest absolute Gasteiger partial charge is 0.245 e. The largest absolute Gasteiger partial charge is 0.382 e. The number of carbonyl (C=O) groups excluding carboxylic acids is 2. The average molecular weight is 272 g/mol. The summed E-state index contributed by atoms with van der Waals surface area (Å²) in [7, 11) is 1.62. The zero-order chi connectivity index (χ0) is 14.3. The summed E-state index contributed by atoms with van der Waals surface area (Å²) in [5, 5.41) is 2.76. The molecule has 110 valence electrons. The van der Waals surface area contributed by atoms with Gasteiger partial charge in [-0.25, -0.2) is 0 Å². The number of hydrogen-bond donors (Lipinski definition) is 1. The highest BCUT2D eigenvalue weighted by atomic mass is 16.5. The summed E-state index contributed by atoms with van der Waals surface area (Å²) in [6, 6.07) is -0.494. The maximum Gasteiger partial charge on any atom is 0.245 e. The van der Waals surface area contributed by atoms with Crippen molar-refractivity contribution in [3.05, 3.63) is 0 Å². The minimum atomic E-state index is -0.406. The van der Waals surface area contributed by atoms with E-state index in [0.717, 1.165) is 0 Å². The fourth-order valence-corrected chi connectivity index (χ4v) is 2.13. The van der Waals surface area contributed by atoms with E-state index in [2.05, 4.69) is 5.32 Å². The number of ether oxygens (including phenoxy) is 2. The van der Waals surface area contributed by atoms with Gasteiger partial charge in [-0.05, 0) is 13.3 Å². The van der Waals surface area contributed by atoms with E-state index in [1.165, 1.54) is 0 Å². The van der Waals surface area contributed by atoms with Crippen molar-refractivity contribution in [3.63, 3.8) is 0 Å². The third-order valence-corrected chi connectivity index (χ3v) is 3.25. The van der Waals surface area contributed by atoms with Gasteiger partial charge in [-0.3, -0.25) is 9.59 Å². The van der Waals surface area contributed by atoms with Crippen LogP contribution in [0.1, 0.15) is 26.7 Å². The number of methoxy groups -OCH3 is 1. The third-order valence-electron chi connectivity index (χ3n) is 3.25. The van der Waals surface area contributed by atoms with Crippen molar-refractivity contribution in [1.29, 1.82) is 0 Å². The highest BCUT2D eigenvalue weighted by Crippen LogP contribution is 2.12. The molecule has 1 rings (SSSR count). The molecule has 1 saturated heterocycles. The van der Waals surface area contributed by atoms with Gasteiger partial charge in [0.2, 0.25) is 11.8 Å². The first-order valence-electron chi connectivity index (χ1n) is 6.76. The van der Waals surface area contributed by atoms with Crippen molar-refractivity contribution in [2.75, 3.05) is 33.5 Å². The summed E-state index contributed by atoms with van der Waals surface area (Å²) in [6.45, 7) is 5.82. The summed E-state index contributed by atoms with van der Waals surface area (Å²) in [6.07, 6.45) is 0.957. The standard InChI is InChI=1S/C13H24N2O4/c1-4-11-13(17)15(5-6-19-8-7-18-3)10(2)9-12(16)14-11/h10-11H,4-9H2,1-3H3,(H,14,16). The zero-order valence-electron chi connectivity index (χ0n) is 12.0. The topological polar surface area (TPSA) is 67.9 Å². The first-order valence-corrected chi connectivity index (χ1v) is 6.76. The highest BCUT2D eigenvalue weighted by Gasteiger charge is 2.32. The molecule has 0 aliphatic carbocycles.